The van der Waals surface area contributed by atoms with Gasteiger partial charge in [-0.3, -0.25) is 14.9 Å². The molecular weight excluding hydrogens is 320 g/mol. The molecule has 0 bridgehead atoms. The molecule has 1 aliphatic carbocycles. The molecule has 2 aromatic rings. The van der Waals surface area contributed by atoms with E-state index in [4.69, 9.17) is 11.6 Å². The van der Waals surface area contributed by atoms with Crippen molar-refractivity contribution in [2.45, 2.75) is 18.6 Å². The maximum Gasteiger partial charge on any atom is 0.283 e. The van der Waals surface area contributed by atoms with Crippen LogP contribution in [0.5, 0.6) is 0 Å². The van der Waals surface area contributed by atoms with Crippen LogP contribution in [0.25, 0.3) is 0 Å². The molecule has 0 heterocycles. The van der Waals surface area contributed by atoms with Crippen LogP contribution in [0.2, 0.25) is 5.02 Å². The van der Waals surface area contributed by atoms with Gasteiger partial charge >= 0.3 is 0 Å². The summed E-state index contributed by atoms with van der Waals surface area (Å²) in [5, 5.41) is 23.9. The van der Waals surface area contributed by atoms with E-state index < -0.39 is 23.0 Å². The summed E-state index contributed by atoms with van der Waals surface area (Å²) in [5.41, 5.74) is 1.19. The Morgan fingerprint density at radius 1 is 1.26 bits per heavy atom. The second-order valence-corrected chi connectivity index (χ2v) is 5.72. The van der Waals surface area contributed by atoms with Gasteiger partial charge < -0.3 is 10.4 Å². The standard InChI is InChI=1S/C16H13ClN2O4/c17-11-6-3-7-12(19(22)23)14(11)16(21)18-15-10-5-2-1-4-9(10)8-13(15)20/h1-7,13,15,20H,8H2,(H,18,21). The van der Waals surface area contributed by atoms with Crippen LogP contribution in [-0.4, -0.2) is 22.0 Å². The van der Waals surface area contributed by atoms with Crippen LogP contribution >= 0.6 is 11.6 Å². The van der Waals surface area contributed by atoms with Gasteiger partial charge in [-0.25, -0.2) is 0 Å². The summed E-state index contributed by atoms with van der Waals surface area (Å²) < 4.78 is 0. The molecule has 7 heteroatoms. The van der Waals surface area contributed by atoms with Gasteiger partial charge in [0.1, 0.15) is 5.56 Å². The van der Waals surface area contributed by atoms with Crippen LogP contribution < -0.4 is 5.32 Å². The van der Waals surface area contributed by atoms with Crippen LogP contribution in [-0.2, 0) is 6.42 Å². The molecule has 0 aromatic heterocycles. The van der Waals surface area contributed by atoms with Gasteiger partial charge in [0.2, 0.25) is 0 Å². The highest BCUT2D eigenvalue weighted by Gasteiger charge is 2.34. The van der Waals surface area contributed by atoms with Gasteiger partial charge in [-0.15, -0.1) is 0 Å². The number of benzene rings is 2. The zero-order valence-electron chi connectivity index (χ0n) is 11.9. The van der Waals surface area contributed by atoms with E-state index >= 15 is 0 Å². The lowest BCUT2D eigenvalue weighted by molar-refractivity contribution is -0.385. The van der Waals surface area contributed by atoms with Crippen molar-refractivity contribution in [3.8, 4) is 0 Å². The minimum atomic E-state index is -0.780. The number of halogens is 1. The number of rotatable bonds is 3. The van der Waals surface area contributed by atoms with Gasteiger partial charge in [-0.2, -0.15) is 0 Å². The highest BCUT2D eigenvalue weighted by atomic mass is 35.5. The monoisotopic (exact) mass is 332 g/mol. The SMILES string of the molecule is O=C(NC1c2ccccc2CC1O)c1c(Cl)cccc1[N+](=O)[O-]. The number of aliphatic hydroxyl groups is 1. The molecule has 118 valence electrons. The first-order valence-electron chi connectivity index (χ1n) is 6.98. The van der Waals surface area contributed by atoms with Crippen LogP contribution in [0.3, 0.4) is 0 Å². The molecule has 1 amide bonds. The van der Waals surface area contributed by atoms with Crippen molar-refractivity contribution in [1.82, 2.24) is 5.32 Å². The number of hydrogen-bond acceptors (Lipinski definition) is 4. The van der Waals surface area contributed by atoms with Gasteiger partial charge in [0.15, 0.2) is 0 Å². The molecule has 2 unspecified atom stereocenters. The Bertz CT molecular complexity index is 793. The number of amides is 1. The molecule has 0 fully saturated rings. The lowest BCUT2D eigenvalue weighted by Gasteiger charge is -2.18. The average Bonchev–Trinajstić information content (AvgIpc) is 2.83. The van der Waals surface area contributed by atoms with Crippen molar-refractivity contribution in [3.63, 3.8) is 0 Å². The van der Waals surface area contributed by atoms with Gasteiger partial charge in [-0.1, -0.05) is 41.9 Å². The molecule has 23 heavy (non-hydrogen) atoms. The molecule has 2 aromatic carbocycles. The Morgan fingerprint density at radius 2 is 2.00 bits per heavy atom. The molecule has 1 aliphatic rings. The topological polar surface area (TPSA) is 92.5 Å². The second-order valence-electron chi connectivity index (χ2n) is 5.31. The molecule has 0 spiro atoms. The summed E-state index contributed by atoms with van der Waals surface area (Å²) in [7, 11) is 0. The van der Waals surface area contributed by atoms with Crippen LogP contribution in [0.1, 0.15) is 27.5 Å². The van der Waals surface area contributed by atoms with Crippen molar-refractivity contribution in [2.24, 2.45) is 0 Å². The Kier molecular flexibility index (Phi) is 4.02. The Balaban J connectivity index is 1.93. The van der Waals surface area contributed by atoms with E-state index in [0.29, 0.717) is 6.42 Å². The minimum absolute atomic E-state index is 0.00234. The molecule has 2 N–H and O–H groups in total. The highest BCUT2D eigenvalue weighted by molar-refractivity contribution is 6.34. The normalized spacial score (nSPS) is 19.2. The van der Waals surface area contributed by atoms with E-state index in [1.807, 2.05) is 24.3 Å². The number of aliphatic hydroxyl groups excluding tert-OH is 1. The van der Waals surface area contributed by atoms with E-state index in [1.54, 1.807) is 0 Å². The first-order valence-corrected chi connectivity index (χ1v) is 7.36. The first kappa shape index (κ1) is 15.5. The fourth-order valence-corrected chi connectivity index (χ4v) is 3.11. The molecule has 2 atom stereocenters. The van der Waals surface area contributed by atoms with E-state index in [2.05, 4.69) is 5.32 Å². The Morgan fingerprint density at radius 3 is 2.74 bits per heavy atom. The third-order valence-electron chi connectivity index (χ3n) is 3.91. The molecular formula is C16H13ClN2O4. The van der Waals surface area contributed by atoms with E-state index in [0.717, 1.165) is 11.1 Å². The third-order valence-corrected chi connectivity index (χ3v) is 4.22. The van der Waals surface area contributed by atoms with Gasteiger partial charge in [0.25, 0.3) is 11.6 Å². The van der Waals surface area contributed by atoms with Gasteiger partial charge in [0.05, 0.1) is 22.1 Å². The van der Waals surface area contributed by atoms with Crippen molar-refractivity contribution in [3.05, 3.63) is 74.3 Å². The number of hydrogen-bond donors (Lipinski definition) is 2. The fourth-order valence-electron chi connectivity index (χ4n) is 2.85. The maximum atomic E-state index is 12.5. The molecule has 6 nitrogen and oxygen atoms in total. The smallest absolute Gasteiger partial charge is 0.283 e. The Labute approximate surface area is 136 Å². The highest BCUT2D eigenvalue weighted by Crippen LogP contribution is 2.33. The lowest BCUT2D eigenvalue weighted by Crippen LogP contribution is -2.34. The summed E-state index contributed by atoms with van der Waals surface area (Å²) in [4.78, 5) is 22.9. The largest absolute Gasteiger partial charge is 0.390 e. The predicted molar refractivity (Wildman–Crippen MR) is 84.5 cm³/mol. The zero-order valence-corrected chi connectivity index (χ0v) is 12.7. The van der Waals surface area contributed by atoms with Crippen LogP contribution in [0.4, 0.5) is 5.69 Å². The average molecular weight is 333 g/mol. The predicted octanol–water partition coefficient (Wildman–Crippen LogP) is 2.64. The lowest BCUT2D eigenvalue weighted by atomic mass is 10.1. The van der Waals surface area contributed by atoms with Crippen molar-refractivity contribution in [1.29, 1.82) is 0 Å². The van der Waals surface area contributed by atoms with E-state index in [-0.39, 0.29) is 16.3 Å². The number of fused-ring (bicyclic) bond motifs is 1. The molecule has 0 saturated heterocycles. The second kappa shape index (κ2) is 5.98. The van der Waals surface area contributed by atoms with Gasteiger partial charge in [-0.05, 0) is 17.2 Å². The summed E-state index contributed by atoms with van der Waals surface area (Å²) in [6.07, 6.45) is -0.357. The third kappa shape index (κ3) is 2.78. The number of carbonyl (C=O) groups excluding carboxylic acids is 1. The number of nitrogens with one attached hydrogen (secondary N) is 1. The van der Waals surface area contributed by atoms with Crippen molar-refractivity contribution in [2.75, 3.05) is 0 Å². The number of carbonyl (C=O) groups is 1. The summed E-state index contributed by atoms with van der Waals surface area (Å²) in [5.74, 6) is -0.678. The van der Waals surface area contributed by atoms with Crippen molar-refractivity contribution >= 4 is 23.2 Å². The quantitative estimate of drug-likeness (QED) is 0.667. The number of nitro benzene ring substituents is 1. The van der Waals surface area contributed by atoms with Gasteiger partial charge in [0, 0.05) is 12.5 Å². The zero-order chi connectivity index (χ0) is 16.6. The summed E-state index contributed by atoms with van der Waals surface area (Å²) in [6, 6.07) is 10.8. The maximum absolute atomic E-state index is 12.5. The summed E-state index contributed by atoms with van der Waals surface area (Å²) in [6.45, 7) is 0. The van der Waals surface area contributed by atoms with Crippen LogP contribution in [0.15, 0.2) is 42.5 Å². The Hall–Kier alpha value is -2.44. The number of nitro groups is 1. The molecule has 0 saturated carbocycles. The van der Waals surface area contributed by atoms with E-state index in [1.165, 1.54) is 18.2 Å². The summed E-state index contributed by atoms with van der Waals surface area (Å²) >= 11 is 5.96. The molecule has 0 aliphatic heterocycles. The van der Waals surface area contributed by atoms with Crippen LogP contribution in [0, 0.1) is 10.1 Å². The minimum Gasteiger partial charge on any atom is -0.390 e. The van der Waals surface area contributed by atoms with Crippen molar-refractivity contribution < 1.29 is 14.8 Å². The molecule has 0 radical (unpaired) electrons. The number of nitrogens with zero attached hydrogens (tertiary/aromatic N) is 1. The molecule has 3 rings (SSSR count). The fraction of sp³-hybridized carbons (Fsp3) is 0.188. The first-order chi connectivity index (χ1) is 11.0. The van der Waals surface area contributed by atoms with E-state index in [9.17, 15) is 20.0 Å².